The van der Waals surface area contributed by atoms with Crippen molar-refractivity contribution in [1.29, 1.82) is 0 Å². The lowest BCUT2D eigenvalue weighted by Crippen LogP contribution is -2.26. The number of rotatable bonds is 3. The van der Waals surface area contributed by atoms with E-state index in [4.69, 9.17) is 16.7 Å². The number of amides is 1. The number of hydrazone groups is 1. The molecule has 0 radical (unpaired) electrons. The molecule has 146 valence electrons. The number of nitrogens with zero attached hydrogens (tertiary/aromatic N) is 2. The van der Waals surface area contributed by atoms with Crippen LogP contribution < -0.4 is 0 Å². The minimum atomic E-state index is -0.0864. The Morgan fingerprint density at radius 2 is 1.53 bits per heavy atom. The number of fused-ring (bicyclic) bond motifs is 1. The number of carbonyl (C=O) groups excluding carboxylic acids is 1. The summed E-state index contributed by atoms with van der Waals surface area (Å²) in [4.78, 5) is 13.5. The van der Waals surface area contributed by atoms with Gasteiger partial charge in [0.2, 0.25) is 0 Å². The first-order chi connectivity index (χ1) is 14.7. The van der Waals surface area contributed by atoms with Crippen LogP contribution in [0.1, 0.15) is 27.4 Å². The Morgan fingerprint density at radius 1 is 0.833 bits per heavy atom. The monoisotopic (exact) mass is 410 g/mol. The van der Waals surface area contributed by atoms with E-state index >= 15 is 0 Å². The Balaban J connectivity index is 1.57. The van der Waals surface area contributed by atoms with Crippen molar-refractivity contribution >= 4 is 34.0 Å². The first-order valence-corrected chi connectivity index (χ1v) is 10.3. The van der Waals surface area contributed by atoms with Crippen molar-refractivity contribution in [2.75, 3.05) is 6.54 Å². The molecule has 0 saturated carbocycles. The molecular weight excluding hydrogens is 392 g/mol. The molecule has 5 rings (SSSR count). The van der Waals surface area contributed by atoms with E-state index in [0.29, 0.717) is 17.1 Å². The second-order valence-corrected chi connectivity index (χ2v) is 7.81. The van der Waals surface area contributed by atoms with Crippen LogP contribution in [0.4, 0.5) is 0 Å². The van der Waals surface area contributed by atoms with Crippen LogP contribution in [-0.2, 0) is 0 Å². The highest BCUT2D eigenvalue weighted by atomic mass is 35.5. The van der Waals surface area contributed by atoms with Gasteiger partial charge in [0, 0.05) is 16.5 Å². The quantitative estimate of drug-likeness (QED) is 0.399. The normalized spacial score (nSPS) is 16.0. The summed E-state index contributed by atoms with van der Waals surface area (Å²) in [5.74, 6) is -0.0806. The van der Waals surface area contributed by atoms with Crippen molar-refractivity contribution in [3.8, 4) is 0 Å². The van der Waals surface area contributed by atoms with Crippen LogP contribution in [0.2, 0.25) is 5.02 Å². The number of carbonyl (C=O) groups is 1. The van der Waals surface area contributed by atoms with Crippen molar-refractivity contribution in [2.45, 2.75) is 5.92 Å². The summed E-state index contributed by atoms with van der Waals surface area (Å²) in [5.41, 5.74) is 3.66. The average Bonchev–Trinajstić information content (AvgIpc) is 3.25. The van der Waals surface area contributed by atoms with Gasteiger partial charge in [-0.3, -0.25) is 4.79 Å². The zero-order chi connectivity index (χ0) is 20.5. The highest BCUT2D eigenvalue weighted by molar-refractivity contribution is 6.30. The van der Waals surface area contributed by atoms with Crippen LogP contribution in [-0.4, -0.2) is 23.2 Å². The van der Waals surface area contributed by atoms with Crippen molar-refractivity contribution in [3.63, 3.8) is 0 Å². The average molecular weight is 411 g/mol. The third-order valence-electron chi connectivity index (χ3n) is 5.51. The summed E-state index contributed by atoms with van der Waals surface area (Å²) < 4.78 is 0. The highest BCUT2D eigenvalue weighted by Crippen LogP contribution is 2.31. The first-order valence-electron chi connectivity index (χ1n) is 9.90. The van der Waals surface area contributed by atoms with Gasteiger partial charge in [-0.05, 0) is 40.1 Å². The van der Waals surface area contributed by atoms with Crippen LogP contribution in [0.15, 0.2) is 102 Å². The van der Waals surface area contributed by atoms with E-state index in [1.807, 2.05) is 84.9 Å². The number of halogens is 1. The lowest BCUT2D eigenvalue weighted by Gasteiger charge is -2.16. The third-order valence-corrected chi connectivity index (χ3v) is 5.76. The van der Waals surface area contributed by atoms with Gasteiger partial charge in [-0.15, -0.1) is 0 Å². The molecule has 1 heterocycles. The lowest BCUT2D eigenvalue weighted by atomic mass is 9.90. The van der Waals surface area contributed by atoms with Gasteiger partial charge in [0.15, 0.2) is 0 Å². The van der Waals surface area contributed by atoms with Crippen LogP contribution in [0.5, 0.6) is 0 Å². The van der Waals surface area contributed by atoms with Gasteiger partial charge in [0.25, 0.3) is 5.91 Å². The van der Waals surface area contributed by atoms with Crippen LogP contribution in [0, 0.1) is 0 Å². The maximum absolute atomic E-state index is 13.5. The summed E-state index contributed by atoms with van der Waals surface area (Å²) in [6, 6.07) is 31.6. The van der Waals surface area contributed by atoms with Crippen molar-refractivity contribution < 1.29 is 4.79 Å². The summed E-state index contributed by atoms with van der Waals surface area (Å²) in [6.07, 6.45) is 0. The van der Waals surface area contributed by atoms with Gasteiger partial charge in [0.1, 0.15) is 0 Å². The van der Waals surface area contributed by atoms with Gasteiger partial charge < -0.3 is 0 Å². The Labute approximate surface area is 180 Å². The molecule has 1 amide bonds. The van der Waals surface area contributed by atoms with Gasteiger partial charge in [-0.2, -0.15) is 5.10 Å². The Bertz CT molecular complexity index is 1240. The van der Waals surface area contributed by atoms with Crippen LogP contribution in [0.3, 0.4) is 0 Å². The summed E-state index contributed by atoms with van der Waals surface area (Å²) in [7, 11) is 0. The molecule has 4 heteroatoms. The Morgan fingerprint density at radius 3 is 2.33 bits per heavy atom. The molecule has 0 N–H and O–H groups in total. The van der Waals surface area contributed by atoms with E-state index in [1.165, 1.54) is 0 Å². The zero-order valence-corrected chi connectivity index (χ0v) is 17.0. The van der Waals surface area contributed by atoms with Crippen molar-refractivity contribution in [3.05, 3.63) is 119 Å². The molecule has 0 fully saturated rings. The topological polar surface area (TPSA) is 32.7 Å². The molecular formula is C26H19ClN2O. The van der Waals surface area contributed by atoms with Gasteiger partial charge in [0.05, 0.1) is 12.3 Å². The van der Waals surface area contributed by atoms with Crippen molar-refractivity contribution in [2.24, 2.45) is 5.10 Å². The number of hydrogen-bond acceptors (Lipinski definition) is 2. The van der Waals surface area contributed by atoms with E-state index < -0.39 is 0 Å². The van der Waals surface area contributed by atoms with E-state index in [1.54, 1.807) is 5.01 Å². The SMILES string of the molecule is O=C(c1cccc2ccccc12)N1CC(c2ccccc2)C(c2ccc(Cl)cc2)=N1. The maximum atomic E-state index is 13.5. The molecule has 0 aliphatic carbocycles. The predicted molar refractivity (Wildman–Crippen MR) is 122 cm³/mol. The maximum Gasteiger partial charge on any atom is 0.274 e. The fourth-order valence-electron chi connectivity index (χ4n) is 4.01. The van der Waals surface area contributed by atoms with E-state index in [0.717, 1.165) is 27.6 Å². The van der Waals surface area contributed by atoms with E-state index in [9.17, 15) is 4.79 Å². The van der Waals surface area contributed by atoms with Gasteiger partial charge >= 0.3 is 0 Å². The van der Waals surface area contributed by atoms with Crippen molar-refractivity contribution in [1.82, 2.24) is 5.01 Å². The Kier molecular flexibility index (Phi) is 4.82. The molecule has 0 saturated heterocycles. The second-order valence-electron chi connectivity index (χ2n) is 7.37. The molecule has 4 aromatic carbocycles. The highest BCUT2D eigenvalue weighted by Gasteiger charge is 2.33. The smallest absolute Gasteiger partial charge is 0.267 e. The van der Waals surface area contributed by atoms with Crippen LogP contribution >= 0.6 is 11.6 Å². The van der Waals surface area contributed by atoms with Crippen LogP contribution in [0.25, 0.3) is 10.8 Å². The van der Waals surface area contributed by atoms with E-state index in [-0.39, 0.29) is 11.8 Å². The Hall–Kier alpha value is -3.43. The number of benzene rings is 4. The summed E-state index contributed by atoms with van der Waals surface area (Å²) in [6.45, 7) is 0.504. The van der Waals surface area contributed by atoms with Gasteiger partial charge in [-0.25, -0.2) is 5.01 Å². The summed E-state index contributed by atoms with van der Waals surface area (Å²) >= 11 is 6.08. The molecule has 1 aliphatic rings. The summed E-state index contributed by atoms with van der Waals surface area (Å²) in [5, 5.41) is 9.05. The van der Waals surface area contributed by atoms with E-state index in [2.05, 4.69) is 12.1 Å². The minimum Gasteiger partial charge on any atom is -0.267 e. The minimum absolute atomic E-state index is 0.00584. The predicted octanol–water partition coefficient (Wildman–Crippen LogP) is 6.14. The molecule has 1 aliphatic heterocycles. The fourth-order valence-corrected chi connectivity index (χ4v) is 4.13. The molecule has 1 unspecified atom stereocenters. The fraction of sp³-hybridized carbons (Fsp3) is 0.0769. The zero-order valence-electron chi connectivity index (χ0n) is 16.2. The molecule has 4 aromatic rings. The molecule has 30 heavy (non-hydrogen) atoms. The second kappa shape index (κ2) is 7.77. The third kappa shape index (κ3) is 3.38. The lowest BCUT2D eigenvalue weighted by molar-refractivity contribution is 0.0776. The molecule has 0 aromatic heterocycles. The first kappa shape index (κ1) is 18.6. The molecule has 1 atom stereocenters. The largest absolute Gasteiger partial charge is 0.274 e. The van der Waals surface area contributed by atoms with Gasteiger partial charge in [-0.1, -0.05) is 90.5 Å². The molecule has 0 spiro atoms. The molecule has 3 nitrogen and oxygen atoms in total. The molecule has 0 bridgehead atoms. The standard InChI is InChI=1S/C26H19ClN2O/c27-21-15-13-20(14-16-21)25-24(19-7-2-1-3-8-19)17-29(28-25)26(30)23-12-6-10-18-9-4-5-11-22(18)23/h1-16,24H,17H2. The number of hydrogen-bond donors (Lipinski definition) is 0.